The van der Waals surface area contributed by atoms with Gasteiger partial charge in [0.05, 0.1) is 6.26 Å². The third-order valence-electron chi connectivity index (χ3n) is 4.98. The molecule has 124 valence electrons. The topological polar surface area (TPSA) is 52.7 Å². The maximum absolute atomic E-state index is 11.7. The van der Waals surface area contributed by atoms with Gasteiger partial charge in [-0.25, -0.2) is 12.7 Å². The molecule has 21 heavy (non-hydrogen) atoms. The average Bonchev–Trinajstić information content (AvgIpc) is 2.40. The second-order valence-corrected chi connectivity index (χ2v) is 9.17. The van der Waals surface area contributed by atoms with Gasteiger partial charge in [0, 0.05) is 44.8 Å². The highest BCUT2D eigenvalue weighted by molar-refractivity contribution is 7.88. The lowest BCUT2D eigenvalue weighted by molar-refractivity contribution is 0.0903. The summed E-state index contributed by atoms with van der Waals surface area (Å²) in [7, 11) is -3.03. The van der Waals surface area contributed by atoms with E-state index in [1.807, 2.05) is 0 Å². The molecule has 0 aliphatic carbocycles. The molecule has 0 aromatic heterocycles. The van der Waals surface area contributed by atoms with Gasteiger partial charge >= 0.3 is 0 Å². The first-order chi connectivity index (χ1) is 9.77. The molecule has 3 unspecified atom stereocenters. The number of rotatable bonds is 4. The van der Waals surface area contributed by atoms with Gasteiger partial charge in [0.25, 0.3) is 0 Å². The monoisotopic (exact) mass is 317 g/mol. The second-order valence-electron chi connectivity index (χ2n) is 7.19. The minimum Gasteiger partial charge on any atom is -0.311 e. The molecule has 2 rings (SSSR count). The van der Waals surface area contributed by atoms with Gasteiger partial charge in [-0.2, -0.15) is 0 Å². The number of sulfonamides is 1. The third-order valence-corrected chi connectivity index (χ3v) is 6.25. The van der Waals surface area contributed by atoms with E-state index < -0.39 is 10.0 Å². The van der Waals surface area contributed by atoms with E-state index >= 15 is 0 Å². The van der Waals surface area contributed by atoms with Gasteiger partial charge in [0.15, 0.2) is 0 Å². The number of nitrogens with one attached hydrogen (secondary N) is 1. The fraction of sp³-hybridized carbons (Fsp3) is 1.00. The number of piperidine rings is 1. The Labute approximate surface area is 130 Å². The Kier molecular flexibility index (Phi) is 5.68. The van der Waals surface area contributed by atoms with Gasteiger partial charge in [-0.15, -0.1) is 0 Å². The van der Waals surface area contributed by atoms with Crippen LogP contribution in [-0.2, 0) is 10.0 Å². The first-order valence-electron chi connectivity index (χ1n) is 8.20. The molecule has 0 amide bonds. The number of hydrogen-bond donors (Lipinski definition) is 1. The third kappa shape index (κ3) is 4.65. The minimum atomic E-state index is -3.03. The SMILES string of the molecule is CC(C)C1CN(CC2CCCN(S(C)(=O)=O)C2)C(C)CN1. The fourth-order valence-corrected chi connectivity index (χ4v) is 4.40. The molecule has 2 fully saturated rings. The molecule has 0 aromatic rings. The summed E-state index contributed by atoms with van der Waals surface area (Å²) in [5.74, 6) is 1.11. The van der Waals surface area contributed by atoms with E-state index in [4.69, 9.17) is 0 Å². The number of hydrogen-bond acceptors (Lipinski definition) is 4. The van der Waals surface area contributed by atoms with Crippen molar-refractivity contribution in [1.82, 2.24) is 14.5 Å². The van der Waals surface area contributed by atoms with Crippen molar-refractivity contribution >= 4 is 10.0 Å². The van der Waals surface area contributed by atoms with E-state index in [1.165, 1.54) is 6.26 Å². The van der Waals surface area contributed by atoms with Crippen LogP contribution >= 0.6 is 0 Å². The van der Waals surface area contributed by atoms with Gasteiger partial charge in [0.1, 0.15) is 0 Å². The first-order valence-corrected chi connectivity index (χ1v) is 10.0. The van der Waals surface area contributed by atoms with Crippen molar-refractivity contribution in [3.05, 3.63) is 0 Å². The lowest BCUT2D eigenvalue weighted by Crippen LogP contribution is -2.58. The van der Waals surface area contributed by atoms with Gasteiger partial charge in [-0.1, -0.05) is 13.8 Å². The van der Waals surface area contributed by atoms with Crippen molar-refractivity contribution in [3.8, 4) is 0 Å². The standard InChI is InChI=1S/C15H31N3O2S/c1-12(2)15-11-17(13(3)8-16-15)9-14-6-5-7-18(10-14)21(4,19)20/h12-16H,5-11H2,1-4H3. The van der Waals surface area contributed by atoms with Crippen molar-refractivity contribution < 1.29 is 8.42 Å². The molecule has 0 bridgehead atoms. The zero-order chi connectivity index (χ0) is 15.6. The summed E-state index contributed by atoms with van der Waals surface area (Å²) in [5, 5.41) is 3.62. The van der Waals surface area contributed by atoms with Crippen LogP contribution in [0.25, 0.3) is 0 Å². The van der Waals surface area contributed by atoms with E-state index in [2.05, 4.69) is 31.0 Å². The van der Waals surface area contributed by atoms with Crippen LogP contribution < -0.4 is 5.32 Å². The van der Waals surface area contributed by atoms with Gasteiger partial charge < -0.3 is 5.32 Å². The summed E-state index contributed by atoms with van der Waals surface area (Å²) in [6, 6.07) is 1.09. The van der Waals surface area contributed by atoms with Crippen LogP contribution in [0.5, 0.6) is 0 Å². The summed E-state index contributed by atoms with van der Waals surface area (Å²) >= 11 is 0. The van der Waals surface area contributed by atoms with Crippen molar-refractivity contribution in [1.29, 1.82) is 0 Å². The molecule has 2 aliphatic rings. The minimum absolute atomic E-state index is 0.474. The average molecular weight is 317 g/mol. The van der Waals surface area contributed by atoms with Crippen molar-refractivity contribution in [2.45, 2.75) is 45.7 Å². The predicted octanol–water partition coefficient (Wildman–Crippen LogP) is 0.976. The number of piperazine rings is 1. The van der Waals surface area contributed by atoms with Crippen LogP contribution in [0.4, 0.5) is 0 Å². The molecule has 2 aliphatic heterocycles. The summed E-state index contributed by atoms with van der Waals surface area (Å²) in [6.07, 6.45) is 3.47. The molecule has 2 heterocycles. The maximum atomic E-state index is 11.7. The molecule has 3 atom stereocenters. The zero-order valence-electron chi connectivity index (χ0n) is 13.9. The van der Waals surface area contributed by atoms with Gasteiger partial charge in [0.2, 0.25) is 10.0 Å². The number of nitrogens with zero attached hydrogens (tertiary/aromatic N) is 2. The molecule has 6 heteroatoms. The largest absolute Gasteiger partial charge is 0.311 e. The van der Waals surface area contributed by atoms with Crippen molar-refractivity contribution in [3.63, 3.8) is 0 Å². The van der Waals surface area contributed by atoms with E-state index in [0.717, 1.165) is 32.5 Å². The van der Waals surface area contributed by atoms with Crippen LogP contribution in [0.15, 0.2) is 0 Å². The van der Waals surface area contributed by atoms with Crippen molar-refractivity contribution in [2.24, 2.45) is 11.8 Å². The van der Waals surface area contributed by atoms with Crippen LogP contribution in [0.1, 0.15) is 33.6 Å². The maximum Gasteiger partial charge on any atom is 0.211 e. The summed E-state index contributed by atoms with van der Waals surface area (Å²) in [6.45, 7) is 11.3. The second kappa shape index (κ2) is 6.94. The highest BCUT2D eigenvalue weighted by atomic mass is 32.2. The summed E-state index contributed by atoms with van der Waals surface area (Å²) < 4.78 is 25.1. The van der Waals surface area contributed by atoms with E-state index in [9.17, 15) is 8.42 Å². The lowest BCUT2D eigenvalue weighted by Gasteiger charge is -2.43. The Morgan fingerprint density at radius 3 is 2.62 bits per heavy atom. The quantitative estimate of drug-likeness (QED) is 0.840. The first kappa shape index (κ1) is 17.2. The Morgan fingerprint density at radius 2 is 2.00 bits per heavy atom. The summed E-state index contributed by atoms with van der Waals surface area (Å²) in [5.41, 5.74) is 0. The normalized spacial score (nSPS) is 33.5. The molecule has 1 N–H and O–H groups in total. The Bertz CT molecular complexity index is 438. The molecular formula is C15H31N3O2S. The summed E-state index contributed by atoms with van der Waals surface area (Å²) in [4.78, 5) is 2.55. The van der Waals surface area contributed by atoms with E-state index in [1.54, 1.807) is 4.31 Å². The molecule has 0 saturated carbocycles. The van der Waals surface area contributed by atoms with Gasteiger partial charge in [-0.05, 0) is 31.6 Å². The van der Waals surface area contributed by atoms with Crippen LogP contribution in [-0.4, -0.2) is 68.7 Å². The molecule has 5 nitrogen and oxygen atoms in total. The Hall–Kier alpha value is -0.170. The van der Waals surface area contributed by atoms with Crippen LogP contribution in [0, 0.1) is 11.8 Å². The van der Waals surface area contributed by atoms with Crippen molar-refractivity contribution in [2.75, 3.05) is 39.0 Å². The van der Waals surface area contributed by atoms with E-state index in [-0.39, 0.29) is 0 Å². The highest BCUT2D eigenvalue weighted by Gasteiger charge is 2.31. The lowest BCUT2D eigenvalue weighted by atomic mass is 9.95. The highest BCUT2D eigenvalue weighted by Crippen LogP contribution is 2.22. The van der Waals surface area contributed by atoms with E-state index in [0.29, 0.717) is 37.0 Å². The molecular weight excluding hydrogens is 286 g/mol. The van der Waals surface area contributed by atoms with Crippen LogP contribution in [0.2, 0.25) is 0 Å². The predicted molar refractivity (Wildman–Crippen MR) is 86.8 cm³/mol. The Morgan fingerprint density at radius 1 is 1.29 bits per heavy atom. The zero-order valence-corrected chi connectivity index (χ0v) is 14.7. The molecule has 2 saturated heterocycles. The fourth-order valence-electron chi connectivity index (χ4n) is 3.46. The molecule has 0 spiro atoms. The smallest absolute Gasteiger partial charge is 0.211 e. The molecule has 0 aromatic carbocycles. The van der Waals surface area contributed by atoms with Crippen LogP contribution in [0.3, 0.4) is 0 Å². The van der Waals surface area contributed by atoms with Gasteiger partial charge in [-0.3, -0.25) is 4.90 Å². The molecule has 0 radical (unpaired) electrons. The Balaban J connectivity index is 1.93.